The molecular weight excluding hydrogens is 430 g/mol. The van der Waals surface area contributed by atoms with E-state index in [2.05, 4.69) is 16.0 Å². The number of halogens is 5. The van der Waals surface area contributed by atoms with Crippen molar-refractivity contribution in [2.45, 2.75) is 13.1 Å². The largest absolute Gasteiger partial charge is 0.416 e. The average molecular weight is 442 g/mol. The van der Waals surface area contributed by atoms with Gasteiger partial charge in [-0.15, -0.1) is 0 Å². The van der Waals surface area contributed by atoms with Crippen LogP contribution >= 0.6 is 11.6 Å². The molecule has 0 unspecified atom stereocenters. The molecule has 0 aliphatic heterocycles. The second-order valence-corrected chi connectivity index (χ2v) is 6.45. The minimum Gasteiger partial charge on any atom is -0.360 e. The summed E-state index contributed by atoms with van der Waals surface area (Å²) in [7, 11) is 0. The lowest BCUT2D eigenvalue weighted by molar-refractivity contribution is -0.137. The van der Waals surface area contributed by atoms with Crippen LogP contribution in [0.2, 0.25) is 5.02 Å². The molecule has 1 heterocycles. The number of carbonyl (C=O) groups excluding carboxylic acids is 2. The van der Waals surface area contributed by atoms with Gasteiger partial charge in [0.1, 0.15) is 22.8 Å². The normalized spacial score (nSPS) is 11.3. The van der Waals surface area contributed by atoms with Gasteiger partial charge in [0.25, 0.3) is 11.8 Å². The first-order valence-corrected chi connectivity index (χ1v) is 8.66. The summed E-state index contributed by atoms with van der Waals surface area (Å²) in [4.78, 5) is 24.6. The molecule has 156 valence electrons. The summed E-state index contributed by atoms with van der Waals surface area (Å²) in [6, 6.07) is 7.28. The van der Waals surface area contributed by atoms with Crippen molar-refractivity contribution < 1.29 is 31.7 Å². The molecule has 3 rings (SSSR count). The van der Waals surface area contributed by atoms with Gasteiger partial charge in [0.15, 0.2) is 0 Å². The highest BCUT2D eigenvalue weighted by molar-refractivity contribution is 6.33. The molecule has 0 spiro atoms. The fourth-order valence-electron chi connectivity index (χ4n) is 2.59. The quantitative estimate of drug-likeness (QED) is 0.462. The zero-order valence-electron chi connectivity index (χ0n) is 15.1. The van der Waals surface area contributed by atoms with Crippen LogP contribution < -0.4 is 10.9 Å². The lowest BCUT2D eigenvalue weighted by Crippen LogP contribution is -2.41. The number of benzene rings is 2. The number of aryl methyl sites for hydroxylation is 1. The number of hydrogen-bond donors (Lipinski definition) is 2. The first-order valence-electron chi connectivity index (χ1n) is 8.28. The van der Waals surface area contributed by atoms with Crippen LogP contribution in [0, 0.1) is 12.7 Å². The minimum atomic E-state index is -4.54. The van der Waals surface area contributed by atoms with Gasteiger partial charge in [-0.3, -0.25) is 20.4 Å². The second-order valence-electron chi connectivity index (χ2n) is 6.04. The van der Waals surface area contributed by atoms with E-state index >= 15 is 0 Å². The molecule has 0 saturated carbocycles. The first kappa shape index (κ1) is 21.3. The summed E-state index contributed by atoms with van der Waals surface area (Å²) in [5.41, 5.74) is 2.61. The van der Waals surface area contributed by atoms with Crippen molar-refractivity contribution in [1.82, 2.24) is 16.0 Å². The molecule has 0 aliphatic rings. The van der Waals surface area contributed by atoms with Crippen molar-refractivity contribution in [3.63, 3.8) is 0 Å². The van der Waals surface area contributed by atoms with Crippen LogP contribution in [0.1, 0.15) is 32.0 Å². The number of amides is 2. The summed E-state index contributed by atoms with van der Waals surface area (Å²) in [5.74, 6) is -2.45. The fourth-order valence-corrected chi connectivity index (χ4v) is 2.85. The molecule has 0 aliphatic carbocycles. The molecule has 2 N–H and O–H groups in total. The number of hydrogen-bond acceptors (Lipinski definition) is 4. The maximum absolute atomic E-state index is 14.2. The Morgan fingerprint density at radius 1 is 1.03 bits per heavy atom. The number of nitrogens with zero attached hydrogens (tertiary/aromatic N) is 1. The van der Waals surface area contributed by atoms with Crippen LogP contribution in [0.4, 0.5) is 17.6 Å². The highest BCUT2D eigenvalue weighted by Crippen LogP contribution is 2.33. The molecule has 0 bridgehead atoms. The maximum atomic E-state index is 14.2. The van der Waals surface area contributed by atoms with E-state index in [0.717, 1.165) is 30.3 Å². The molecule has 30 heavy (non-hydrogen) atoms. The van der Waals surface area contributed by atoms with Gasteiger partial charge >= 0.3 is 6.18 Å². The van der Waals surface area contributed by atoms with Crippen molar-refractivity contribution in [1.29, 1.82) is 0 Å². The van der Waals surface area contributed by atoms with E-state index in [4.69, 9.17) is 16.1 Å². The van der Waals surface area contributed by atoms with E-state index in [1.165, 1.54) is 19.1 Å². The highest BCUT2D eigenvalue weighted by Gasteiger charge is 2.30. The Morgan fingerprint density at radius 3 is 2.27 bits per heavy atom. The average Bonchev–Trinajstić information content (AvgIpc) is 3.06. The van der Waals surface area contributed by atoms with Crippen molar-refractivity contribution in [3.8, 4) is 11.3 Å². The molecule has 3 aromatic rings. The highest BCUT2D eigenvalue weighted by atomic mass is 35.5. The number of hydrazine groups is 1. The van der Waals surface area contributed by atoms with Crippen LogP contribution in [0.15, 0.2) is 47.0 Å². The molecule has 0 fully saturated rings. The van der Waals surface area contributed by atoms with Crippen molar-refractivity contribution in [3.05, 3.63) is 75.8 Å². The van der Waals surface area contributed by atoms with Crippen molar-refractivity contribution >= 4 is 23.4 Å². The summed E-state index contributed by atoms with van der Waals surface area (Å²) in [5, 5.41) is 3.66. The molecule has 11 heteroatoms. The predicted octanol–water partition coefficient (Wildman–Crippen LogP) is 4.54. The fraction of sp³-hybridized carbons (Fsp3) is 0.105. The second kappa shape index (κ2) is 8.15. The number of nitrogens with one attached hydrogen (secondary N) is 2. The van der Waals surface area contributed by atoms with Crippen molar-refractivity contribution in [2.24, 2.45) is 0 Å². The number of rotatable bonds is 3. The van der Waals surface area contributed by atoms with Gasteiger partial charge in [-0.25, -0.2) is 4.39 Å². The summed E-state index contributed by atoms with van der Waals surface area (Å²) in [6.07, 6.45) is -4.54. The maximum Gasteiger partial charge on any atom is 0.416 e. The van der Waals surface area contributed by atoms with Gasteiger partial charge < -0.3 is 4.52 Å². The van der Waals surface area contributed by atoms with Gasteiger partial charge in [-0.2, -0.15) is 13.2 Å². The standard InChI is InChI=1S/C19H12ClF4N3O3/c1-9-14(16(27-30-9)15-12(20)3-2-4-13(15)21)18(29)26-25-17(28)10-5-7-11(8-6-10)19(22,23)24/h2-8H,1H3,(H,25,28)(H,26,29). The van der Waals surface area contributed by atoms with Gasteiger partial charge in [0.05, 0.1) is 16.1 Å². The Balaban J connectivity index is 1.78. The Kier molecular flexibility index (Phi) is 5.79. The van der Waals surface area contributed by atoms with E-state index in [1.807, 2.05) is 0 Å². The van der Waals surface area contributed by atoms with Gasteiger partial charge in [-0.1, -0.05) is 22.8 Å². The zero-order chi connectivity index (χ0) is 22.1. The number of carbonyl (C=O) groups is 2. The first-order chi connectivity index (χ1) is 14.1. The molecule has 0 saturated heterocycles. The number of alkyl halides is 3. The Hall–Kier alpha value is -3.40. The van der Waals surface area contributed by atoms with Gasteiger partial charge in [-0.05, 0) is 43.3 Å². The smallest absolute Gasteiger partial charge is 0.360 e. The molecule has 0 radical (unpaired) electrons. The SMILES string of the molecule is Cc1onc(-c2c(F)cccc2Cl)c1C(=O)NNC(=O)c1ccc(C(F)(F)F)cc1. The Bertz CT molecular complexity index is 1090. The van der Waals surface area contributed by atoms with E-state index < -0.39 is 29.4 Å². The van der Waals surface area contributed by atoms with E-state index in [-0.39, 0.29) is 33.2 Å². The van der Waals surface area contributed by atoms with E-state index in [0.29, 0.717) is 0 Å². The third kappa shape index (κ3) is 4.28. The Labute approximate surface area is 171 Å². The van der Waals surface area contributed by atoms with Crippen molar-refractivity contribution in [2.75, 3.05) is 0 Å². The van der Waals surface area contributed by atoms with Crippen LogP contribution in [0.5, 0.6) is 0 Å². The van der Waals surface area contributed by atoms with Gasteiger partial charge in [0, 0.05) is 5.56 Å². The van der Waals surface area contributed by atoms with Gasteiger partial charge in [0.2, 0.25) is 0 Å². The molecule has 0 atom stereocenters. The summed E-state index contributed by atoms with van der Waals surface area (Å²) < 4.78 is 56.9. The van der Waals surface area contributed by atoms with E-state index in [1.54, 1.807) is 0 Å². The predicted molar refractivity (Wildman–Crippen MR) is 98.0 cm³/mol. The Morgan fingerprint density at radius 2 is 1.67 bits per heavy atom. The lowest BCUT2D eigenvalue weighted by Gasteiger charge is -2.10. The lowest BCUT2D eigenvalue weighted by atomic mass is 10.1. The monoisotopic (exact) mass is 441 g/mol. The summed E-state index contributed by atoms with van der Waals surface area (Å²) in [6.45, 7) is 1.40. The molecule has 2 amide bonds. The molecule has 2 aromatic carbocycles. The minimum absolute atomic E-state index is 0.00820. The summed E-state index contributed by atoms with van der Waals surface area (Å²) >= 11 is 6.00. The number of aromatic nitrogens is 1. The van der Waals surface area contributed by atoms with Crippen LogP contribution in [0.3, 0.4) is 0 Å². The van der Waals surface area contributed by atoms with E-state index in [9.17, 15) is 27.2 Å². The third-order valence-electron chi connectivity index (χ3n) is 4.05. The topological polar surface area (TPSA) is 84.2 Å². The molecule has 1 aromatic heterocycles. The van der Waals surface area contributed by atoms with Crippen LogP contribution in [0.25, 0.3) is 11.3 Å². The van der Waals surface area contributed by atoms with Crippen LogP contribution in [-0.4, -0.2) is 17.0 Å². The molecule has 6 nitrogen and oxygen atoms in total. The van der Waals surface area contributed by atoms with Crippen LogP contribution in [-0.2, 0) is 6.18 Å². The zero-order valence-corrected chi connectivity index (χ0v) is 15.9. The molecular formula is C19H12ClF4N3O3. The third-order valence-corrected chi connectivity index (χ3v) is 4.37.